The molecule has 0 spiro atoms. The maximum absolute atomic E-state index is 5.59. The molecule has 2 aliphatic rings. The number of hydrogen-bond donors (Lipinski definition) is 1. The Morgan fingerprint density at radius 3 is 2.94 bits per heavy atom. The fourth-order valence-electron chi connectivity index (χ4n) is 3.52. The van der Waals surface area contributed by atoms with Gasteiger partial charge in [-0.3, -0.25) is 0 Å². The number of nitrogens with zero attached hydrogens (tertiary/aromatic N) is 2. The number of fused-ring (bicyclic) bond motifs is 2. The molecule has 0 aliphatic heterocycles. The van der Waals surface area contributed by atoms with Gasteiger partial charge in [-0.1, -0.05) is 11.6 Å². The minimum Gasteiger partial charge on any atom is -0.380 e. The van der Waals surface area contributed by atoms with Crippen molar-refractivity contribution in [2.45, 2.75) is 44.1 Å². The molecule has 2 saturated carbocycles. The topological polar surface area (TPSA) is 74.2 Å². The molecule has 1 aromatic rings. The molecule has 2 N–H and O–H groups in total. The van der Waals surface area contributed by atoms with Crippen molar-refractivity contribution < 1.29 is 9.26 Å². The lowest BCUT2D eigenvalue weighted by molar-refractivity contribution is 0.102. The molecule has 4 atom stereocenters. The standard InChI is InChI=1S/C13H21N3O2/c1-17-10(7-14)6-12-15-13(16-18-12)11-5-8-2-3-9(11)4-8/h8-11H,2-7,14H2,1H3. The molecule has 1 aromatic heterocycles. The summed E-state index contributed by atoms with van der Waals surface area (Å²) < 4.78 is 10.6. The SMILES string of the molecule is COC(CN)Cc1nc(C2CC3CCC2C3)no1. The number of aromatic nitrogens is 2. The summed E-state index contributed by atoms with van der Waals surface area (Å²) in [5.41, 5.74) is 5.59. The maximum Gasteiger partial charge on any atom is 0.229 e. The zero-order chi connectivity index (χ0) is 12.5. The van der Waals surface area contributed by atoms with Crippen LogP contribution in [0.3, 0.4) is 0 Å². The highest BCUT2D eigenvalue weighted by molar-refractivity contribution is 5.06. The monoisotopic (exact) mass is 251 g/mol. The van der Waals surface area contributed by atoms with Crippen LogP contribution in [0.25, 0.3) is 0 Å². The molecule has 0 radical (unpaired) electrons. The highest BCUT2D eigenvalue weighted by Gasteiger charge is 2.42. The van der Waals surface area contributed by atoms with E-state index in [9.17, 15) is 0 Å². The van der Waals surface area contributed by atoms with Crippen molar-refractivity contribution in [1.29, 1.82) is 0 Å². The second kappa shape index (κ2) is 4.97. The van der Waals surface area contributed by atoms with E-state index in [0.29, 0.717) is 24.8 Å². The first kappa shape index (κ1) is 12.1. The molecule has 0 aromatic carbocycles. The fraction of sp³-hybridized carbons (Fsp3) is 0.846. The van der Waals surface area contributed by atoms with Crippen molar-refractivity contribution in [2.24, 2.45) is 17.6 Å². The first-order chi connectivity index (χ1) is 8.80. The molecule has 0 saturated heterocycles. The zero-order valence-corrected chi connectivity index (χ0v) is 10.8. The van der Waals surface area contributed by atoms with Gasteiger partial charge in [-0.25, -0.2) is 0 Å². The Hall–Kier alpha value is -0.940. The van der Waals surface area contributed by atoms with Crippen LogP contribution in [0.5, 0.6) is 0 Å². The van der Waals surface area contributed by atoms with Gasteiger partial charge in [-0.05, 0) is 31.1 Å². The lowest BCUT2D eigenvalue weighted by Crippen LogP contribution is -2.24. The number of methoxy groups -OCH3 is 1. The largest absolute Gasteiger partial charge is 0.380 e. The molecule has 2 fully saturated rings. The molecule has 5 heteroatoms. The number of nitrogens with two attached hydrogens (primary N) is 1. The van der Waals surface area contributed by atoms with Crippen LogP contribution in [0.1, 0.15) is 43.3 Å². The molecule has 1 heterocycles. The van der Waals surface area contributed by atoms with Crippen molar-refractivity contribution in [3.05, 3.63) is 11.7 Å². The Balaban J connectivity index is 1.66. The van der Waals surface area contributed by atoms with Crippen molar-refractivity contribution in [3.63, 3.8) is 0 Å². The molecule has 2 bridgehead atoms. The van der Waals surface area contributed by atoms with Gasteiger partial charge in [0.2, 0.25) is 5.89 Å². The van der Waals surface area contributed by atoms with Crippen LogP contribution in [-0.2, 0) is 11.2 Å². The van der Waals surface area contributed by atoms with E-state index in [-0.39, 0.29) is 6.10 Å². The minimum atomic E-state index is -0.0293. The van der Waals surface area contributed by atoms with Crippen LogP contribution in [0.2, 0.25) is 0 Å². The highest BCUT2D eigenvalue weighted by atomic mass is 16.5. The van der Waals surface area contributed by atoms with Crippen LogP contribution >= 0.6 is 0 Å². The number of rotatable bonds is 5. The number of hydrogen-bond acceptors (Lipinski definition) is 5. The average molecular weight is 251 g/mol. The lowest BCUT2D eigenvalue weighted by atomic mass is 9.88. The van der Waals surface area contributed by atoms with E-state index >= 15 is 0 Å². The molecule has 5 nitrogen and oxygen atoms in total. The molecular formula is C13H21N3O2. The summed E-state index contributed by atoms with van der Waals surface area (Å²) in [6, 6.07) is 0. The van der Waals surface area contributed by atoms with E-state index in [2.05, 4.69) is 10.1 Å². The van der Waals surface area contributed by atoms with Crippen LogP contribution < -0.4 is 5.73 Å². The number of ether oxygens (including phenoxy) is 1. The lowest BCUT2D eigenvalue weighted by Gasteiger charge is -2.17. The third-order valence-corrected chi connectivity index (χ3v) is 4.55. The second-order valence-corrected chi connectivity index (χ2v) is 5.63. The van der Waals surface area contributed by atoms with Crippen molar-refractivity contribution >= 4 is 0 Å². The van der Waals surface area contributed by atoms with Gasteiger partial charge in [0.05, 0.1) is 12.5 Å². The summed E-state index contributed by atoms with van der Waals surface area (Å²) in [6.45, 7) is 0.475. The van der Waals surface area contributed by atoms with Gasteiger partial charge < -0.3 is 15.0 Å². The van der Waals surface area contributed by atoms with E-state index in [0.717, 1.165) is 17.7 Å². The minimum absolute atomic E-state index is 0.0293. The van der Waals surface area contributed by atoms with Crippen molar-refractivity contribution in [1.82, 2.24) is 10.1 Å². The van der Waals surface area contributed by atoms with Gasteiger partial charge in [0.15, 0.2) is 5.82 Å². The summed E-state index contributed by atoms with van der Waals surface area (Å²) in [4.78, 5) is 4.53. The van der Waals surface area contributed by atoms with Crippen molar-refractivity contribution in [2.75, 3.05) is 13.7 Å². The summed E-state index contributed by atoms with van der Waals surface area (Å²) >= 11 is 0. The first-order valence-electron chi connectivity index (χ1n) is 6.85. The van der Waals surface area contributed by atoms with E-state index in [1.165, 1.54) is 25.7 Å². The van der Waals surface area contributed by atoms with E-state index in [1.54, 1.807) is 7.11 Å². The normalized spacial score (nSPS) is 32.0. The molecule has 2 aliphatic carbocycles. The van der Waals surface area contributed by atoms with Crippen LogP contribution in [-0.4, -0.2) is 29.9 Å². The molecular weight excluding hydrogens is 230 g/mol. The first-order valence-corrected chi connectivity index (χ1v) is 6.85. The van der Waals surface area contributed by atoms with E-state index in [4.69, 9.17) is 15.0 Å². The Bertz CT molecular complexity index is 403. The smallest absolute Gasteiger partial charge is 0.229 e. The van der Waals surface area contributed by atoms with Crippen LogP contribution in [0, 0.1) is 11.8 Å². The Morgan fingerprint density at radius 1 is 1.44 bits per heavy atom. The summed E-state index contributed by atoms with van der Waals surface area (Å²) in [6.07, 6.45) is 5.92. The summed E-state index contributed by atoms with van der Waals surface area (Å²) in [5.74, 6) is 3.78. The predicted molar refractivity (Wildman–Crippen MR) is 66.0 cm³/mol. The fourth-order valence-corrected chi connectivity index (χ4v) is 3.52. The Kier molecular flexibility index (Phi) is 3.35. The molecule has 0 amide bonds. The van der Waals surface area contributed by atoms with E-state index < -0.39 is 0 Å². The average Bonchev–Trinajstić information content (AvgIpc) is 3.11. The quantitative estimate of drug-likeness (QED) is 0.858. The van der Waals surface area contributed by atoms with Crippen LogP contribution in [0.15, 0.2) is 4.52 Å². The van der Waals surface area contributed by atoms with Gasteiger partial charge in [0, 0.05) is 19.6 Å². The van der Waals surface area contributed by atoms with E-state index in [1.807, 2.05) is 0 Å². The van der Waals surface area contributed by atoms with Gasteiger partial charge in [0.1, 0.15) is 0 Å². The van der Waals surface area contributed by atoms with Crippen molar-refractivity contribution in [3.8, 4) is 0 Å². The highest BCUT2D eigenvalue weighted by Crippen LogP contribution is 2.52. The molecule has 3 rings (SSSR count). The van der Waals surface area contributed by atoms with Gasteiger partial charge in [0.25, 0.3) is 0 Å². The molecule has 100 valence electrons. The third-order valence-electron chi connectivity index (χ3n) is 4.55. The van der Waals surface area contributed by atoms with Crippen LogP contribution in [0.4, 0.5) is 0 Å². The second-order valence-electron chi connectivity index (χ2n) is 5.63. The summed E-state index contributed by atoms with van der Waals surface area (Å²) in [5, 5.41) is 4.16. The zero-order valence-electron chi connectivity index (χ0n) is 10.8. The summed E-state index contributed by atoms with van der Waals surface area (Å²) in [7, 11) is 1.66. The third kappa shape index (κ3) is 2.17. The molecule has 18 heavy (non-hydrogen) atoms. The van der Waals surface area contributed by atoms with Gasteiger partial charge in [-0.2, -0.15) is 4.98 Å². The maximum atomic E-state index is 5.59. The van der Waals surface area contributed by atoms with Gasteiger partial charge in [-0.15, -0.1) is 0 Å². The molecule has 4 unspecified atom stereocenters. The predicted octanol–water partition coefficient (Wildman–Crippen LogP) is 1.49. The van der Waals surface area contributed by atoms with Gasteiger partial charge >= 0.3 is 0 Å². The Morgan fingerprint density at radius 2 is 2.33 bits per heavy atom. The Labute approximate surface area is 107 Å².